The first-order valence-corrected chi connectivity index (χ1v) is 9.07. The van der Waals surface area contributed by atoms with Gasteiger partial charge in [0.05, 0.1) is 17.6 Å². The lowest BCUT2D eigenvalue weighted by atomic mass is 10.4. The van der Waals surface area contributed by atoms with E-state index in [1.54, 1.807) is 0 Å². The van der Waals surface area contributed by atoms with E-state index in [2.05, 4.69) is 10.2 Å². The third-order valence-electron chi connectivity index (χ3n) is 3.20. The maximum absolute atomic E-state index is 11.5. The Labute approximate surface area is 117 Å². The van der Waals surface area contributed by atoms with E-state index in [1.165, 1.54) is 0 Å². The molecule has 0 amide bonds. The Morgan fingerprint density at radius 1 is 1.21 bits per heavy atom. The maximum Gasteiger partial charge on any atom is 0.151 e. The SMILES string of the molecule is CC(C)OCCCNCCN1CCCS(=O)(=O)CC1. The van der Waals surface area contributed by atoms with Crippen LogP contribution in [0.3, 0.4) is 0 Å². The van der Waals surface area contributed by atoms with Crippen molar-refractivity contribution >= 4 is 9.84 Å². The third kappa shape index (κ3) is 8.57. The van der Waals surface area contributed by atoms with Gasteiger partial charge in [-0.2, -0.15) is 0 Å². The lowest BCUT2D eigenvalue weighted by molar-refractivity contribution is 0.0770. The highest BCUT2D eigenvalue weighted by Crippen LogP contribution is 2.04. The molecule has 0 atom stereocenters. The van der Waals surface area contributed by atoms with Crippen molar-refractivity contribution in [3.05, 3.63) is 0 Å². The molecular weight excluding hydrogens is 264 g/mol. The predicted octanol–water partition coefficient (Wildman–Crippen LogP) is 0.512. The highest BCUT2D eigenvalue weighted by atomic mass is 32.2. The molecule has 1 saturated heterocycles. The zero-order chi connectivity index (χ0) is 14.1. The molecule has 0 spiro atoms. The van der Waals surface area contributed by atoms with Crippen molar-refractivity contribution in [3.63, 3.8) is 0 Å². The summed E-state index contributed by atoms with van der Waals surface area (Å²) >= 11 is 0. The lowest BCUT2D eigenvalue weighted by Crippen LogP contribution is -2.34. The fourth-order valence-electron chi connectivity index (χ4n) is 2.09. The molecule has 1 rings (SSSR count). The van der Waals surface area contributed by atoms with E-state index in [0.29, 0.717) is 24.2 Å². The Morgan fingerprint density at radius 2 is 2.00 bits per heavy atom. The molecule has 1 aliphatic rings. The predicted molar refractivity (Wildman–Crippen MR) is 78.3 cm³/mol. The van der Waals surface area contributed by atoms with Gasteiger partial charge < -0.3 is 15.0 Å². The Hall–Kier alpha value is -0.170. The van der Waals surface area contributed by atoms with Crippen LogP contribution in [-0.2, 0) is 14.6 Å². The molecule has 0 aromatic heterocycles. The van der Waals surface area contributed by atoms with Crippen molar-refractivity contribution in [2.24, 2.45) is 0 Å². The molecular formula is C13H28N2O3S. The quantitative estimate of drug-likeness (QED) is 0.661. The van der Waals surface area contributed by atoms with Gasteiger partial charge in [0.2, 0.25) is 0 Å². The monoisotopic (exact) mass is 292 g/mol. The number of nitrogens with one attached hydrogen (secondary N) is 1. The highest BCUT2D eigenvalue weighted by Gasteiger charge is 2.18. The van der Waals surface area contributed by atoms with Crippen LogP contribution in [0.15, 0.2) is 0 Å². The van der Waals surface area contributed by atoms with E-state index in [0.717, 1.165) is 45.6 Å². The van der Waals surface area contributed by atoms with Crippen LogP contribution in [0, 0.1) is 0 Å². The first kappa shape index (κ1) is 16.9. The zero-order valence-corrected chi connectivity index (χ0v) is 13.0. The minimum absolute atomic E-state index is 0.305. The van der Waals surface area contributed by atoms with Crippen LogP contribution < -0.4 is 5.32 Å². The van der Waals surface area contributed by atoms with Gasteiger partial charge in [-0.1, -0.05) is 0 Å². The van der Waals surface area contributed by atoms with Gasteiger partial charge in [0.15, 0.2) is 9.84 Å². The summed E-state index contributed by atoms with van der Waals surface area (Å²) in [6.45, 7) is 9.27. The second-order valence-electron chi connectivity index (χ2n) is 5.37. The summed E-state index contributed by atoms with van der Waals surface area (Å²) in [4.78, 5) is 2.24. The molecule has 0 aromatic carbocycles. The maximum atomic E-state index is 11.5. The number of nitrogens with zero attached hydrogens (tertiary/aromatic N) is 1. The van der Waals surface area contributed by atoms with Gasteiger partial charge >= 0.3 is 0 Å². The van der Waals surface area contributed by atoms with Crippen LogP contribution in [0.25, 0.3) is 0 Å². The minimum Gasteiger partial charge on any atom is -0.379 e. The fraction of sp³-hybridized carbons (Fsp3) is 1.00. The molecule has 1 heterocycles. The van der Waals surface area contributed by atoms with Crippen LogP contribution in [0.4, 0.5) is 0 Å². The van der Waals surface area contributed by atoms with Crippen molar-refractivity contribution < 1.29 is 13.2 Å². The molecule has 0 aromatic rings. The molecule has 1 fully saturated rings. The molecule has 0 aliphatic carbocycles. The number of sulfone groups is 1. The molecule has 1 aliphatic heterocycles. The third-order valence-corrected chi connectivity index (χ3v) is 4.92. The average Bonchev–Trinajstić information content (AvgIpc) is 2.49. The van der Waals surface area contributed by atoms with E-state index in [9.17, 15) is 8.42 Å². The van der Waals surface area contributed by atoms with Gasteiger partial charge in [-0.15, -0.1) is 0 Å². The van der Waals surface area contributed by atoms with E-state index in [-0.39, 0.29) is 0 Å². The summed E-state index contributed by atoms with van der Waals surface area (Å²) < 4.78 is 28.4. The molecule has 1 N–H and O–H groups in total. The second kappa shape index (κ2) is 8.89. The van der Waals surface area contributed by atoms with Crippen LogP contribution in [0.5, 0.6) is 0 Å². The van der Waals surface area contributed by atoms with Gasteiger partial charge in [-0.3, -0.25) is 0 Å². The molecule has 19 heavy (non-hydrogen) atoms. The number of ether oxygens (including phenoxy) is 1. The topological polar surface area (TPSA) is 58.6 Å². The summed E-state index contributed by atoms with van der Waals surface area (Å²) in [7, 11) is -2.78. The lowest BCUT2D eigenvalue weighted by Gasteiger charge is -2.19. The van der Waals surface area contributed by atoms with Gasteiger partial charge in [0.25, 0.3) is 0 Å². The normalized spacial score (nSPS) is 20.6. The largest absolute Gasteiger partial charge is 0.379 e. The second-order valence-corrected chi connectivity index (χ2v) is 7.67. The Morgan fingerprint density at radius 3 is 2.74 bits per heavy atom. The summed E-state index contributed by atoms with van der Waals surface area (Å²) in [5.41, 5.74) is 0. The van der Waals surface area contributed by atoms with Gasteiger partial charge in [-0.05, 0) is 39.8 Å². The summed E-state index contributed by atoms with van der Waals surface area (Å²) in [6, 6.07) is 0. The average molecular weight is 292 g/mol. The molecule has 114 valence electrons. The number of hydrogen-bond acceptors (Lipinski definition) is 5. The van der Waals surface area contributed by atoms with Gasteiger partial charge in [0.1, 0.15) is 0 Å². The van der Waals surface area contributed by atoms with Crippen molar-refractivity contribution in [2.45, 2.75) is 32.8 Å². The minimum atomic E-state index is -2.78. The first-order chi connectivity index (χ1) is 8.99. The van der Waals surface area contributed by atoms with Crippen LogP contribution in [0.2, 0.25) is 0 Å². The number of hydrogen-bond donors (Lipinski definition) is 1. The molecule has 0 unspecified atom stereocenters. The Balaban J connectivity index is 2.00. The van der Waals surface area contributed by atoms with E-state index in [4.69, 9.17) is 4.74 Å². The molecule has 0 saturated carbocycles. The fourth-order valence-corrected chi connectivity index (χ4v) is 3.40. The van der Waals surface area contributed by atoms with Crippen molar-refractivity contribution in [3.8, 4) is 0 Å². The zero-order valence-electron chi connectivity index (χ0n) is 12.2. The van der Waals surface area contributed by atoms with Crippen LogP contribution in [-0.4, -0.2) is 70.3 Å². The summed E-state index contributed by atoms with van der Waals surface area (Å²) in [5.74, 6) is 0.665. The Bertz CT molecular complexity index is 331. The summed E-state index contributed by atoms with van der Waals surface area (Å²) in [6.07, 6.45) is 2.09. The van der Waals surface area contributed by atoms with Crippen molar-refractivity contribution in [2.75, 3.05) is 50.8 Å². The number of rotatable bonds is 8. The van der Waals surface area contributed by atoms with Crippen molar-refractivity contribution in [1.82, 2.24) is 10.2 Å². The smallest absolute Gasteiger partial charge is 0.151 e. The molecule has 0 radical (unpaired) electrons. The van der Waals surface area contributed by atoms with E-state index in [1.807, 2.05) is 13.8 Å². The first-order valence-electron chi connectivity index (χ1n) is 7.25. The Kier molecular flexibility index (Phi) is 7.90. The van der Waals surface area contributed by atoms with Gasteiger partial charge in [-0.25, -0.2) is 8.42 Å². The van der Waals surface area contributed by atoms with Crippen LogP contribution in [0.1, 0.15) is 26.7 Å². The standard InChI is InChI=1S/C13H28N2O3S/c1-13(2)18-10-3-5-14-6-8-15-7-4-11-19(16,17)12-9-15/h13-14H,3-12H2,1-2H3. The summed E-state index contributed by atoms with van der Waals surface area (Å²) in [5, 5.41) is 3.38. The van der Waals surface area contributed by atoms with Crippen LogP contribution >= 0.6 is 0 Å². The highest BCUT2D eigenvalue weighted by molar-refractivity contribution is 7.91. The van der Waals surface area contributed by atoms with Gasteiger partial charge in [0, 0.05) is 26.2 Å². The van der Waals surface area contributed by atoms with E-state index >= 15 is 0 Å². The molecule has 6 heteroatoms. The van der Waals surface area contributed by atoms with E-state index < -0.39 is 9.84 Å². The van der Waals surface area contributed by atoms with Crippen molar-refractivity contribution in [1.29, 1.82) is 0 Å². The molecule has 0 bridgehead atoms. The molecule has 5 nitrogen and oxygen atoms in total.